The molecule has 2 saturated heterocycles. The van der Waals surface area contributed by atoms with Crippen LogP contribution in [0.2, 0.25) is 10.0 Å². The number of ketones is 1. The van der Waals surface area contributed by atoms with Crippen molar-refractivity contribution < 1.29 is 9.90 Å². The van der Waals surface area contributed by atoms with Crippen molar-refractivity contribution >= 4 is 52.2 Å². The van der Waals surface area contributed by atoms with E-state index in [-0.39, 0.29) is 16.9 Å². The predicted molar refractivity (Wildman–Crippen MR) is 240 cm³/mol. The van der Waals surface area contributed by atoms with Crippen LogP contribution in [0.5, 0.6) is 0 Å². The molecule has 0 radical (unpaired) electrons. The van der Waals surface area contributed by atoms with Crippen LogP contribution in [0.4, 0.5) is 0 Å². The Labute approximate surface area is 361 Å². The fraction of sp³-hybridized carbons (Fsp3) is 0.490. The summed E-state index contributed by atoms with van der Waals surface area (Å²) in [7, 11) is 0. The molecule has 3 atom stereocenters. The van der Waals surface area contributed by atoms with Crippen molar-refractivity contribution in [3.63, 3.8) is 0 Å². The molecular weight excluding hydrogens is 790 g/mol. The van der Waals surface area contributed by atoms with Crippen LogP contribution in [-0.2, 0) is 10.8 Å². The summed E-state index contributed by atoms with van der Waals surface area (Å²) < 4.78 is 0. The number of benzene rings is 4. The third-order valence-corrected chi connectivity index (χ3v) is 13.6. The average molecular weight is 851 g/mol. The van der Waals surface area contributed by atoms with Crippen LogP contribution in [0.3, 0.4) is 0 Å². The summed E-state index contributed by atoms with van der Waals surface area (Å²) in [5, 5.41) is 12.4. The summed E-state index contributed by atoms with van der Waals surface area (Å²) in [6.45, 7) is 6.77. The third kappa shape index (κ3) is 12.3. The number of carbonyl (C=O) groups excluding carboxylic acids is 1. The maximum atomic E-state index is 12.6. The standard InChI is InChI=1S/C24H30ClNO.C24H28ClNO.CH2Cl2/c2*25-22-11-9-21(10-12-22)24(13-5-14-24)18-26-15-4-6-19(17-26)16-23(27)20-7-2-1-3-8-20;2-1-3/h1-3,7-12,19,23,27H,4-6,13-18H2;1-3,7-12,19H,4-6,13-18H2;1H2. The number of likely N-dealkylation sites (tertiary alicyclic amines) is 2. The van der Waals surface area contributed by atoms with Crippen LogP contribution in [0.25, 0.3) is 0 Å². The molecule has 0 aromatic heterocycles. The SMILES string of the molecule is ClCCl.O=C(CC1CCCN(CC2(c3ccc(Cl)cc3)CCC2)C1)c1ccccc1.OC(CC1CCCN(CC2(c3ccc(Cl)cc3)CCC2)C1)c1ccccc1. The summed E-state index contributed by atoms with van der Waals surface area (Å²) in [6.07, 6.45) is 13.8. The van der Waals surface area contributed by atoms with Gasteiger partial charge in [0.05, 0.1) is 11.4 Å². The van der Waals surface area contributed by atoms with Gasteiger partial charge in [0.2, 0.25) is 0 Å². The number of Topliss-reactive ketones (excluding diaryl/α,β-unsaturated/α-hetero) is 1. The molecule has 57 heavy (non-hydrogen) atoms. The third-order valence-electron chi connectivity index (χ3n) is 13.1. The van der Waals surface area contributed by atoms with E-state index in [0.29, 0.717) is 29.5 Å². The second kappa shape index (κ2) is 21.7. The largest absolute Gasteiger partial charge is 0.388 e. The van der Waals surface area contributed by atoms with Gasteiger partial charge >= 0.3 is 0 Å². The van der Waals surface area contributed by atoms with Gasteiger partial charge in [-0.3, -0.25) is 4.79 Å². The summed E-state index contributed by atoms with van der Waals surface area (Å²) in [5.41, 5.74) is 5.38. The maximum absolute atomic E-state index is 12.6. The molecule has 4 nitrogen and oxygen atoms in total. The highest BCUT2D eigenvalue weighted by atomic mass is 35.5. The van der Waals surface area contributed by atoms with E-state index in [1.54, 1.807) is 0 Å². The van der Waals surface area contributed by atoms with E-state index in [0.717, 1.165) is 60.3 Å². The molecule has 0 bridgehead atoms. The number of carbonyl (C=O) groups is 1. The molecule has 1 N–H and O–H groups in total. The molecule has 2 heterocycles. The molecule has 4 aromatic rings. The Bertz CT molecular complexity index is 1780. The van der Waals surface area contributed by atoms with Crippen molar-refractivity contribution in [3.05, 3.63) is 141 Å². The van der Waals surface area contributed by atoms with Crippen molar-refractivity contribution in [2.24, 2.45) is 11.8 Å². The molecule has 306 valence electrons. The van der Waals surface area contributed by atoms with Gasteiger partial charge in [0, 0.05) is 59.0 Å². The van der Waals surface area contributed by atoms with Crippen molar-refractivity contribution in [1.29, 1.82) is 0 Å². The van der Waals surface area contributed by atoms with Crippen molar-refractivity contribution in [2.75, 3.05) is 44.6 Å². The number of aliphatic hydroxyl groups excluding tert-OH is 1. The lowest BCUT2D eigenvalue weighted by Gasteiger charge is -2.47. The highest BCUT2D eigenvalue weighted by Gasteiger charge is 2.42. The fourth-order valence-corrected chi connectivity index (χ4v) is 10.1. The number of rotatable bonds is 12. The number of hydrogen-bond donors (Lipinski definition) is 1. The number of nitrogens with zero attached hydrogens (tertiary/aromatic N) is 2. The Hall–Kier alpha value is -2.41. The number of alkyl halides is 2. The van der Waals surface area contributed by atoms with Crippen LogP contribution >= 0.6 is 46.4 Å². The molecular formula is C49H60Cl4N2O2. The van der Waals surface area contributed by atoms with Gasteiger partial charge in [-0.2, -0.15) is 0 Å². The minimum absolute atomic E-state index is 0.194. The van der Waals surface area contributed by atoms with Gasteiger partial charge in [-0.25, -0.2) is 0 Å². The lowest BCUT2D eigenvalue weighted by atomic mass is 9.64. The van der Waals surface area contributed by atoms with E-state index in [1.807, 2.05) is 84.9 Å². The Morgan fingerprint density at radius 1 is 0.632 bits per heavy atom. The van der Waals surface area contributed by atoms with Gasteiger partial charge in [-0.05, 0) is 124 Å². The quantitative estimate of drug-likeness (QED) is 0.114. The fourth-order valence-electron chi connectivity index (χ4n) is 9.83. The van der Waals surface area contributed by atoms with Crippen LogP contribution in [0.15, 0.2) is 109 Å². The van der Waals surface area contributed by atoms with Crippen LogP contribution in [0.1, 0.15) is 110 Å². The molecule has 0 spiro atoms. The van der Waals surface area contributed by atoms with E-state index in [4.69, 9.17) is 46.4 Å². The molecule has 4 fully saturated rings. The molecule has 4 aliphatic rings. The first kappa shape index (κ1) is 44.2. The number of aliphatic hydroxyl groups is 1. The van der Waals surface area contributed by atoms with Gasteiger partial charge in [0.15, 0.2) is 5.78 Å². The summed E-state index contributed by atoms with van der Waals surface area (Å²) in [6, 6.07) is 36.8. The van der Waals surface area contributed by atoms with Crippen LogP contribution < -0.4 is 0 Å². The number of halogens is 4. The van der Waals surface area contributed by atoms with E-state index in [1.165, 1.54) is 81.9 Å². The molecule has 2 aliphatic heterocycles. The Morgan fingerprint density at radius 2 is 1.07 bits per heavy atom. The molecule has 2 aliphatic carbocycles. The van der Waals surface area contributed by atoms with Crippen molar-refractivity contribution in [1.82, 2.24) is 9.80 Å². The number of piperidine rings is 2. The molecule has 3 unspecified atom stereocenters. The Kier molecular flexibility index (Phi) is 16.8. The number of hydrogen-bond acceptors (Lipinski definition) is 4. The highest BCUT2D eigenvalue weighted by molar-refractivity contribution is 6.40. The van der Waals surface area contributed by atoms with E-state index < -0.39 is 0 Å². The summed E-state index contributed by atoms with van der Waals surface area (Å²) >= 11 is 21.7. The van der Waals surface area contributed by atoms with Gasteiger partial charge in [0.25, 0.3) is 0 Å². The van der Waals surface area contributed by atoms with Gasteiger partial charge in [-0.15, -0.1) is 23.2 Å². The maximum Gasteiger partial charge on any atom is 0.163 e. The van der Waals surface area contributed by atoms with Crippen LogP contribution in [0, 0.1) is 11.8 Å². The van der Waals surface area contributed by atoms with Crippen molar-refractivity contribution in [2.45, 2.75) is 94.0 Å². The second-order valence-electron chi connectivity index (χ2n) is 17.0. The van der Waals surface area contributed by atoms with Crippen LogP contribution in [-0.4, -0.2) is 65.3 Å². The molecule has 8 rings (SSSR count). The Balaban J connectivity index is 0.000000180. The second-order valence-corrected chi connectivity index (χ2v) is 18.7. The van der Waals surface area contributed by atoms with E-state index in [2.05, 4.69) is 34.1 Å². The lowest BCUT2D eigenvalue weighted by molar-refractivity contribution is 0.0714. The molecule has 8 heteroatoms. The average Bonchev–Trinajstić information content (AvgIpc) is 3.20. The zero-order chi connectivity index (χ0) is 40.1. The predicted octanol–water partition coefficient (Wildman–Crippen LogP) is 12.8. The molecule has 4 aromatic carbocycles. The van der Waals surface area contributed by atoms with Gasteiger partial charge in [-0.1, -0.05) is 121 Å². The Morgan fingerprint density at radius 3 is 1.53 bits per heavy atom. The minimum Gasteiger partial charge on any atom is -0.388 e. The van der Waals surface area contributed by atoms with E-state index >= 15 is 0 Å². The molecule has 0 amide bonds. The van der Waals surface area contributed by atoms with Crippen molar-refractivity contribution in [3.8, 4) is 0 Å². The highest BCUT2D eigenvalue weighted by Crippen LogP contribution is 2.46. The first-order valence-electron chi connectivity index (χ1n) is 21.1. The normalized spacial score (nSPS) is 22.0. The zero-order valence-corrected chi connectivity index (χ0v) is 36.3. The zero-order valence-electron chi connectivity index (χ0n) is 33.3. The first-order valence-corrected chi connectivity index (χ1v) is 22.9. The van der Waals surface area contributed by atoms with Gasteiger partial charge in [0.1, 0.15) is 0 Å². The summed E-state index contributed by atoms with van der Waals surface area (Å²) in [4.78, 5) is 17.9. The first-order chi connectivity index (χ1) is 27.7. The monoisotopic (exact) mass is 848 g/mol. The lowest BCUT2D eigenvalue weighted by Crippen LogP contribution is -2.48. The smallest absolute Gasteiger partial charge is 0.163 e. The summed E-state index contributed by atoms with van der Waals surface area (Å²) in [5.74, 6) is 1.35. The minimum atomic E-state index is -0.343. The molecule has 2 saturated carbocycles. The van der Waals surface area contributed by atoms with E-state index in [9.17, 15) is 9.90 Å². The van der Waals surface area contributed by atoms with Gasteiger partial charge < -0.3 is 14.9 Å². The topological polar surface area (TPSA) is 43.8 Å².